The van der Waals surface area contributed by atoms with Gasteiger partial charge in [0.2, 0.25) is 5.91 Å². The lowest BCUT2D eigenvalue weighted by Crippen LogP contribution is -2.49. The molecule has 1 fully saturated rings. The summed E-state index contributed by atoms with van der Waals surface area (Å²) >= 11 is 0. The smallest absolute Gasteiger partial charge is 0.247 e. The highest BCUT2D eigenvalue weighted by molar-refractivity contribution is 6.09. The third-order valence-corrected chi connectivity index (χ3v) is 6.92. The van der Waals surface area contributed by atoms with E-state index in [9.17, 15) is 4.79 Å². The van der Waals surface area contributed by atoms with E-state index in [1.807, 2.05) is 31.3 Å². The van der Waals surface area contributed by atoms with Crippen molar-refractivity contribution in [3.63, 3.8) is 0 Å². The maximum atomic E-state index is 12.3. The van der Waals surface area contributed by atoms with Gasteiger partial charge < -0.3 is 31.1 Å². The van der Waals surface area contributed by atoms with Gasteiger partial charge in [-0.1, -0.05) is 12.6 Å². The van der Waals surface area contributed by atoms with Crippen LogP contribution in [0.4, 0.5) is 17.1 Å². The minimum Gasteiger partial charge on any atom is -0.494 e. The fraction of sp³-hybridized carbons (Fsp3) is 0.321. The number of fused-ring (bicyclic) bond motifs is 1. The van der Waals surface area contributed by atoms with Crippen LogP contribution in [0.3, 0.4) is 0 Å². The van der Waals surface area contributed by atoms with Crippen LogP contribution in [0.1, 0.15) is 19.4 Å². The first-order chi connectivity index (χ1) is 18.7. The maximum absolute atomic E-state index is 12.3. The van der Waals surface area contributed by atoms with Crippen molar-refractivity contribution in [3.05, 3.63) is 66.6 Å². The molecule has 0 radical (unpaired) electrons. The Morgan fingerprint density at radius 3 is 2.54 bits per heavy atom. The number of hydrazine groups is 1. The number of hydrogen-bond acceptors (Lipinski definition) is 9. The Hall–Kier alpha value is -4.35. The summed E-state index contributed by atoms with van der Waals surface area (Å²) in [5.74, 6) is 6.46. The van der Waals surface area contributed by atoms with Gasteiger partial charge in [-0.25, -0.2) is 5.84 Å². The Morgan fingerprint density at radius 2 is 1.90 bits per heavy atom. The second-order valence-corrected chi connectivity index (χ2v) is 9.66. The number of benzene rings is 2. The number of methoxy groups -OCH3 is 1. The van der Waals surface area contributed by atoms with Gasteiger partial charge in [0, 0.05) is 62.4 Å². The highest BCUT2D eigenvalue weighted by Gasteiger charge is 2.23. The van der Waals surface area contributed by atoms with Crippen molar-refractivity contribution in [2.24, 2.45) is 12.9 Å². The van der Waals surface area contributed by atoms with Crippen LogP contribution in [0.2, 0.25) is 0 Å². The van der Waals surface area contributed by atoms with Gasteiger partial charge in [0.1, 0.15) is 11.6 Å². The van der Waals surface area contributed by atoms with E-state index in [4.69, 9.17) is 16.0 Å². The van der Waals surface area contributed by atoms with Gasteiger partial charge in [0.25, 0.3) is 0 Å². The van der Waals surface area contributed by atoms with Crippen LogP contribution in [0.5, 0.6) is 5.75 Å². The number of carbonyl (C=O) groups is 1. The first kappa shape index (κ1) is 27.7. The number of piperazine rings is 1. The SMILES string of the molecule is C=CC(=O)Nc1cc(N/C(=C/C(=N)c2ccc3c(cnn3C)c2)NN)c(OC)cc1N1CCN(C(C)C)CC1. The van der Waals surface area contributed by atoms with E-state index in [2.05, 4.69) is 51.4 Å². The first-order valence-electron chi connectivity index (χ1n) is 12.8. The van der Waals surface area contributed by atoms with Gasteiger partial charge >= 0.3 is 0 Å². The largest absolute Gasteiger partial charge is 0.494 e. The number of ether oxygens (including phenoxy) is 1. The summed E-state index contributed by atoms with van der Waals surface area (Å²) in [5.41, 5.74) is 6.62. The topological polar surface area (TPSA) is 137 Å². The molecule has 0 saturated carbocycles. The van der Waals surface area contributed by atoms with Gasteiger partial charge in [-0.15, -0.1) is 0 Å². The Kier molecular flexibility index (Phi) is 8.52. The van der Waals surface area contributed by atoms with Crippen LogP contribution in [0.15, 0.2) is 61.1 Å². The summed E-state index contributed by atoms with van der Waals surface area (Å²) in [6, 6.07) is 9.90. The highest BCUT2D eigenvalue weighted by atomic mass is 16.5. The zero-order chi connectivity index (χ0) is 28.1. The quantitative estimate of drug-likeness (QED) is 0.117. The molecule has 1 aromatic heterocycles. The molecule has 2 heterocycles. The van der Waals surface area contributed by atoms with Crippen molar-refractivity contribution >= 4 is 39.6 Å². The fourth-order valence-electron chi connectivity index (χ4n) is 4.68. The number of aromatic nitrogens is 2. The standard InChI is InChI=1S/C28H37N9O2/c1-6-28(38)33-22-15-23(26(39-5)16-25(22)37-11-9-36(10-12-37)18(2)3)32-27(34-30)14-21(29)19-7-8-24-20(13-19)17-31-35(24)4/h6-8,13-18,29,32,34H,1,9-12,30H2,2-5H3,(H,33,38)/b27-14-,29-21?. The molecule has 39 heavy (non-hydrogen) atoms. The average molecular weight is 532 g/mol. The number of hydrogen-bond donors (Lipinski definition) is 5. The fourth-order valence-corrected chi connectivity index (χ4v) is 4.68. The van der Waals surface area contributed by atoms with Gasteiger partial charge in [-0.3, -0.25) is 14.4 Å². The number of anilines is 3. The molecule has 206 valence electrons. The molecule has 2 aromatic carbocycles. The molecular formula is C28H37N9O2. The van der Waals surface area contributed by atoms with Crippen molar-refractivity contribution < 1.29 is 9.53 Å². The lowest BCUT2D eigenvalue weighted by atomic mass is 10.1. The zero-order valence-corrected chi connectivity index (χ0v) is 22.9. The van der Waals surface area contributed by atoms with E-state index in [0.29, 0.717) is 34.6 Å². The maximum Gasteiger partial charge on any atom is 0.247 e. The number of carbonyl (C=O) groups excluding carboxylic acids is 1. The predicted molar refractivity (Wildman–Crippen MR) is 157 cm³/mol. The lowest BCUT2D eigenvalue weighted by Gasteiger charge is -2.39. The number of nitrogens with two attached hydrogens (primary N) is 1. The minimum absolute atomic E-state index is 0.250. The average Bonchev–Trinajstić information content (AvgIpc) is 3.32. The van der Waals surface area contributed by atoms with Crippen LogP contribution in [0.25, 0.3) is 10.9 Å². The summed E-state index contributed by atoms with van der Waals surface area (Å²) < 4.78 is 7.50. The van der Waals surface area contributed by atoms with E-state index in [-0.39, 0.29) is 11.6 Å². The van der Waals surface area contributed by atoms with Crippen LogP contribution in [0, 0.1) is 5.41 Å². The van der Waals surface area contributed by atoms with E-state index in [0.717, 1.165) is 42.8 Å². The number of aryl methyl sites for hydroxylation is 1. The molecule has 6 N–H and O–H groups in total. The summed E-state index contributed by atoms with van der Waals surface area (Å²) in [6.45, 7) is 11.5. The van der Waals surface area contributed by atoms with Crippen molar-refractivity contribution in [2.75, 3.05) is 48.8 Å². The second-order valence-electron chi connectivity index (χ2n) is 9.66. The molecule has 3 aromatic rings. The normalized spacial score (nSPS) is 14.4. The van der Waals surface area contributed by atoms with Crippen LogP contribution in [-0.4, -0.2) is 65.6 Å². The highest BCUT2D eigenvalue weighted by Crippen LogP contribution is 2.38. The Labute approximate surface area is 228 Å². The summed E-state index contributed by atoms with van der Waals surface area (Å²) in [7, 11) is 3.47. The van der Waals surface area contributed by atoms with Gasteiger partial charge in [-0.05, 0) is 38.1 Å². The second kappa shape index (κ2) is 12.0. The van der Waals surface area contributed by atoms with Gasteiger partial charge in [0.15, 0.2) is 0 Å². The van der Waals surface area contributed by atoms with Crippen LogP contribution >= 0.6 is 0 Å². The third kappa shape index (κ3) is 6.21. The predicted octanol–water partition coefficient (Wildman–Crippen LogP) is 3.02. The van der Waals surface area contributed by atoms with Crippen molar-refractivity contribution in [1.29, 1.82) is 5.41 Å². The van der Waals surface area contributed by atoms with Gasteiger partial charge in [-0.2, -0.15) is 5.10 Å². The molecule has 1 aliphatic rings. The molecule has 4 rings (SSSR count). The van der Waals surface area contributed by atoms with E-state index in [1.165, 1.54) is 6.08 Å². The number of amides is 1. The Morgan fingerprint density at radius 1 is 1.15 bits per heavy atom. The van der Waals surface area contributed by atoms with Crippen LogP contribution in [-0.2, 0) is 11.8 Å². The van der Waals surface area contributed by atoms with E-state index < -0.39 is 0 Å². The molecule has 1 saturated heterocycles. The monoisotopic (exact) mass is 531 g/mol. The van der Waals surface area contributed by atoms with Crippen molar-refractivity contribution in [1.82, 2.24) is 20.1 Å². The molecule has 0 bridgehead atoms. The molecule has 0 aliphatic carbocycles. The van der Waals surface area contributed by atoms with Gasteiger partial charge in [0.05, 0.1) is 41.6 Å². The number of nitrogens with one attached hydrogen (secondary N) is 4. The number of allylic oxidation sites excluding steroid dienone is 1. The first-order valence-corrected chi connectivity index (χ1v) is 12.8. The lowest BCUT2D eigenvalue weighted by molar-refractivity contribution is -0.111. The third-order valence-electron chi connectivity index (χ3n) is 6.92. The number of rotatable bonds is 10. The zero-order valence-electron chi connectivity index (χ0n) is 22.9. The molecule has 11 heteroatoms. The van der Waals surface area contributed by atoms with E-state index in [1.54, 1.807) is 30.1 Å². The van der Waals surface area contributed by atoms with Crippen molar-refractivity contribution in [3.8, 4) is 5.75 Å². The van der Waals surface area contributed by atoms with Crippen molar-refractivity contribution in [2.45, 2.75) is 19.9 Å². The molecule has 0 unspecified atom stereocenters. The number of nitrogens with zero attached hydrogens (tertiary/aromatic N) is 4. The van der Waals surface area contributed by atoms with Crippen LogP contribution < -0.4 is 31.5 Å². The molecular weight excluding hydrogens is 494 g/mol. The summed E-state index contributed by atoms with van der Waals surface area (Å²) in [5, 5.41) is 20.0. The molecule has 0 atom stereocenters. The summed E-state index contributed by atoms with van der Waals surface area (Å²) in [6.07, 6.45) is 4.60. The Balaban J connectivity index is 1.63. The molecule has 0 spiro atoms. The molecule has 1 amide bonds. The Bertz CT molecular complexity index is 1400. The summed E-state index contributed by atoms with van der Waals surface area (Å²) in [4.78, 5) is 17.0. The molecule has 11 nitrogen and oxygen atoms in total. The molecule has 1 aliphatic heterocycles. The minimum atomic E-state index is -0.312. The van der Waals surface area contributed by atoms with E-state index >= 15 is 0 Å².